The molecule has 0 radical (unpaired) electrons. The Morgan fingerprint density at radius 1 is 1.00 bits per heavy atom. The topological polar surface area (TPSA) is 47.3 Å². The third kappa shape index (κ3) is 3.98. The number of nitrogens with zero attached hydrogens (tertiary/aromatic N) is 2. The van der Waals surface area contributed by atoms with Crippen LogP contribution in [0.2, 0.25) is 0 Å². The first-order valence-corrected chi connectivity index (χ1v) is 9.40. The molecule has 4 aromatic rings. The first-order chi connectivity index (χ1) is 14.7. The Hall–Kier alpha value is -3.39. The van der Waals surface area contributed by atoms with E-state index in [4.69, 9.17) is 4.74 Å². The molecule has 1 atom stereocenters. The van der Waals surface area contributed by atoms with Crippen molar-refractivity contribution < 1.29 is 27.4 Å². The van der Waals surface area contributed by atoms with Crippen LogP contribution in [0.5, 0.6) is 5.75 Å². The maximum absolute atomic E-state index is 13.9. The van der Waals surface area contributed by atoms with Gasteiger partial charge in [0.15, 0.2) is 0 Å². The summed E-state index contributed by atoms with van der Waals surface area (Å²) in [7, 11) is 0. The number of fused-ring (bicyclic) bond motifs is 1. The van der Waals surface area contributed by atoms with Gasteiger partial charge in [-0.1, -0.05) is 18.2 Å². The number of hydrogen-bond acceptors (Lipinski definition) is 3. The molecule has 0 amide bonds. The van der Waals surface area contributed by atoms with Crippen LogP contribution in [0.25, 0.3) is 16.6 Å². The zero-order valence-electron chi connectivity index (χ0n) is 16.4. The minimum Gasteiger partial charge on any atom is -0.490 e. The second kappa shape index (κ2) is 7.70. The number of aliphatic hydroxyl groups is 1. The fourth-order valence-electron chi connectivity index (χ4n) is 3.30. The molecule has 4 rings (SSSR count). The lowest BCUT2D eigenvalue weighted by atomic mass is 9.93. The highest BCUT2D eigenvalue weighted by Crippen LogP contribution is 2.40. The second-order valence-corrected chi connectivity index (χ2v) is 7.27. The summed E-state index contributed by atoms with van der Waals surface area (Å²) in [6, 6.07) is 16.0. The lowest BCUT2D eigenvalue weighted by molar-refractivity contribution is -0.275. The minimum atomic E-state index is -4.97. The van der Waals surface area contributed by atoms with E-state index in [0.717, 1.165) is 5.56 Å². The monoisotopic (exact) mass is 430 g/mol. The molecule has 31 heavy (non-hydrogen) atoms. The van der Waals surface area contributed by atoms with Gasteiger partial charge in [-0.2, -0.15) is 18.3 Å². The van der Waals surface area contributed by atoms with E-state index in [1.807, 2.05) is 0 Å². The zero-order chi connectivity index (χ0) is 22.2. The van der Waals surface area contributed by atoms with Crippen molar-refractivity contribution in [3.05, 3.63) is 89.9 Å². The highest BCUT2D eigenvalue weighted by Gasteiger charge is 2.56. The van der Waals surface area contributed by atoms with Gasteiger partial charge in [0.1, 0.15) is 18.2 Å². The van der Waals surface area contributed by atoms with E-state index in [0.29, 0.717) is 16.6 Å². The molecule has 1 N–H and O–H groups in total. The van der Waals surface area contributed by atoms with Crippen LogP contribution in [-0.2, 0) is 5.60 Å². The van der Waals surface area contributed by atoms with Gasteiger partial charge in [-0.25, -0.2) is 9.07 Å². The molecule has 0 aliphatic rings. The van der Waals surface area contributed by atoms with Crippen molar-refractivity contribution in [3.8, 4) is 11.4 Å². The van der Waals surface area contributed by atoms with Crippen molar-refractivity contribution >= 4 is 10.9 Å². The van der Waals surface area contributed by atoms with Crippen LogP contribution in [0, 0.1) is 12.7 Å². The van der Waals surface area contributed by atoms with Gasteiger partial charge in [-0.15, -0.1) is 0 Å². The number of ether oxygens (including phenoxy) is 1. The van der Waals surface area contributed by atoms with Gasteiger partial charge in [0, 0.05) is 5.39 Å². The summed E-state index contributed by atoms with van der Waals surface area (Å²) in [4.78, 5) is 0. The van der Waals surface area contributed by atoms with Crippen molar-refractivity contribution in [1.29, 1.82) is 0 Å². The molecule has 0 aliphatic carbocycles. The summed E-state index contributed by atoms with van der Waals surface area (Å²) in [5.74, 6) is -0.181. The van der Waals surface area contributed by atoms with Crippen molar-refractivity contribution in [1.82, 2.24) is 9.78 Å². The van der Waals surface area contributed by atoms with Crippen molar-refractivity contribution in [2.24, 2.45) is 0 Å². The van der Waals surface area contributed by atoms with E-state index in [2.05, 4.69) is 5.10 Å². The molecule has 0 aliphatic heterocycles. The van der Waals surface area contributed by atoms with Gasteiger partial charge in [-0.05, 0) is 66.6 Å². The number of hydrogen-bond donors (Lipinski definition) is 1. The largest absolute Gasteiger partial charge is 0.490 e. The summed E-state index contributed by atoms with van der Waals surface area (Å²) < 4.78 is 61.6. The van der Waals surface area contributed by atoms with Crippen LogP contribution < -0.4 is 4.74 Å². The van der Waals surface area contributed by atoms with E-state index in [1.165, 1.54) is 59.4 Å². The fraction of sp³-hybridized carbons (Fsp3) is 0.174. The maximum atomic E-state index is 13.9. The number of rotatable bonds is 5. The highest BCUT2D eigenvalue weighted by molar-refractivity contribution is 5.81. The molecule has 0 fully saturated rings. The fourth-order valence-corrected chi connectivity index (χ4v) is 3.30. The van der Waals surface area contributed by atoms with Gasteiger partial charge < -0.3 is 9.84 Å². The molecule has 0 spiro atoms. The lowest BCUT2D eigenvalue weighted by Crippen LogP contribution is -2.47. The Morgan fingerprint density at radius 3 is 2.42 bits per heavy atom. The minimum absolute atomic E-state index is 0.230. The van der Waals surface area contributed by atoms with Crippen LogP contribution in [-0.4, -0.2) is 27.7 Å². The van der Waals surface area contributed by atoms with Gasteiger partial charge >= 0.3 is 6.18 Å². The molecule has 1 unspecified atom stereocenters. The molecule has 0 saturated heterocycles. The Balaban J connectivity index is 1.70. The standard InChI is InChI=1S/C23H18F4N2O2/c1-15-3-2-4-20(11-15)31-14-22(30,23(25,26)27)17-5-10-21-16(12-17)13-28-29(21)19-8-6-18(24)7-9-19/h2-13,30H,14H2,1H3. The Labute approximate surface area is 175 Å². The molecule has 1 aromatic heterocycles. The van der Waals surface area contributed by atoms with Gasteiger partial charge in [0.25, 0.3) is 0 Å². The maximum Gasteiger partial charge on any atom is 0.424 e. The Morgan fingerprint density at radius 2 is 1.74 bits per heavy atom. The van der Waals surface area contributed by atoms with Crippen LogP contribution in [0.4, 0.5) is 17.6 Å². The molecule has 160 valence electrons. The molecule has 1 heterocycles. The van der Waals surface area contributed by atoms with Gasteiger partial charge in [0.05, 0.1) is 17.4 Å². The molecular weight excluding hydrogens is 412 g/mol. The molecule has 8 heteroatoms. The van der Waals surface area contributed by atoms with E-state index < -0.39 is 24.2 Å². The van der Waals surface area contributed by atoms with Crippen molar-refractivity contribution in [2.75, 3.05) is 6.61 Å². The molecular formula is C23H18F4N2O2. The number of aryl methyl sites for hydroxylation is 1. The van der Waals surface area contributed by atoms with E-state index in [1.54, 1.807) is 25.1 Å². The number of halogens is 4. The Bertz CT molecular complexity index is 1220. The van der Waals surface area contributed by atoms with Gasteiger partial charge in [0.2, 0.25) is 5.60 Å². The molecule has 0 saturated carbocycles. The number of aromatic nitrogens is 2. The predicted octanol–water partition coefficient (Wildman–Crippen LogP) is 5.30. The van der Waals surface area contributed by atoms with E-state index in [9.17, 15) is 22.7 Å². The first kappa shape index (κ1) is 20.9. The number of benzene rings is 3. The van der Waals surface area contributed by atoms with Crippen molar-refractivity contribution in [3.63, 3.8) is 0 Å². The zero-order valence-corrected chi connectivity index (χ0v) is 16.4. The molecule has 4 nitrogen and oxygen atoms in total. The van der Waals surface area contributed by atoms with Gasteiger partial charge in [-0.3, -0.25) is 0 Å². The normalized spacial score (nSPS) is 13.9. The molecule has 0 bridgehead atoms. The SMILES string of the molecule is Cc1cccc(OCC(O)(c2ccc3c(cnn3-c3ccc(F)cc3)c2)C(F)(F)F)c1. The van der Waals surface area contributed by atoms with Crippen LogP contribution in [0.15, 0.2) is 72.9 Å². The van der Waals surface area contributed by atoms with Crippen LogP contribution >= 0.6 is 0 Å². The third-order valence-corrected chi connectivity index (χ3v) is 5.02. The lowest BCUT2D eigenvalue weighted by Gasteiger charge is -2.31. The van der Waals surface area contributed by atoms with Crippen LogP contribution in [0.3, 0.4) is 0 Å². The average molecular weight is 430 g/mol. The predicted molar refractivity (Wildman–Crippen MR) is 108 cm³/mol. The third-order valence-electron chi connectivity index (χ3n) is 5.02. The average Bonchev–Trinajstić information content (AvgIpc) is 3.15. The highest BCUT2D eigenvalue weighted by atomic mass is 19.4. The first-order valence-electron chi connectivity index (χ1n) is 9.40. The van der Waals surface area contributed by atoms with E-state index in [-0.39, 0.29) is 11.3 Å². The summed E-state index contributed by atoms with van der Waals surface area (Å²) in [5.41, 5.74) is -1.69. The summed E-state index contributed by atoms with van der Waals surface area (Å²) in [6.07, 6.45) is -3.59. The van der Waals surface area contributed by atoms with Crippen molar-refractivity contribution in [2.45, 2.75) is 18.7 Å². The number of alkyl halides is 3. The second-order valence-electron chi connectivity index (χ2n) is 7.27. The molecule has 3 aromatic carbocycles. The Kier molecular flexibility index (Phi) is 5.18. The van der Waals surface area contributed by atoms with Crippen LogP contribution in [0.1, 0.15) is 11.1 Å². The summed E-state index contributed by atoms with van der Waals surface area (Å²) in [5, 5.41) is 15.2. The summed E-state index contributed by atoms with van der Waals surface area (Å²) >= 11 is 0. The van der Waals surface area contributed by atoms with E-state index >= 15 is 0 Å². The smallest absolute Gasteiger partial charge is 0.424 e. The quantitative estimate of drug-likeness (QED) is 0.437. The summed E-state index contributed by atoms with van der Waals surface area (Å²) in [6.45, 7) is 0.785.